The molecule has 0 amide bonds. The van der Waals surface area contributed by atoms with Crippen LogP contribution in [0.4, 0.5) is 6.01 Å². The van der Waals surface area contributed by atoms with E-state index >= 15 is 0 Å². The molecule has 0 atom stereocenters. The molecular formula is C13H18ClN3OS. The van der Waals surface area contributed by atoms with Crippen LogP contribution in [-0.4, -0.2) is 18.6 Å². The number of nitrogens with one attached hydrogen (secondary N) is 1. The van der Waals surface area contributed by atoms with Gasteiger partial charge < -0.3 is 14.6 Å². The Kier molecular flexibility index (Phi) is 5.24. The van der Waals surface area contributed by atoms with Crippen LogP contribution in [0.25, 0.3) is 0 Å². The van der Waals surface area contributed by atoms with E-state index in [1.165, 1.54) is 4.88 Å². The van der Waals surface area contributed by atoms with Gasteiger partial charge in [0.05, 0.1) is 16.6 Å². The van der Waals surface area contributed by atoms with E-state index < -0.39 is 0 Å². The van der Waals surface area contributed by atoms with Gasteiger partial charge in [0.15, 0.2) is 0 Å². The van der Waals surface area contributed by atoms with E-state index in [2.05, 4.69) is 17.2 Å². The SMILES string of the molecule is CCCNCc1coc(N(C)Cc2ccc(Cl)s2)n1. The lowest BCUT2D eigenvalue weighted by molar-refractivity contribution is 0.543. The average Bonchev–Trinajstić information content (AvgIpc) is 2.99. The zero-order chi connectivity index (χ0) is 13.7. The maximum atomic E-state index is 5.92. The Morgan fingerprint density at radius 1 is 1.47 bits per heavy atom. The number of oxazole rings is 1. The maximum absolute atomic E-state index is 5.92. The first-order valence-corrected chi connectivity index (χ1v) is 7.49. The molecule has 104 valence electrons. The molecule has 0 unspecified atom stereocenters. The number of rotatable bonds is 7. The van der Waals surface area contributed by atoms with E-state index in [0.717, 1.165) is 36.1 Å². The summed E-state index contributed by atoms with van der Waals surface area (Å²) in [5.74, 6) is 0. The molecule has 0 aliphatic rings. The van der Waals surface area contributed by atoms with Crippen molar-refractivity contribution in [2.24, 2.45) is 0 Å². The highest BCUT2D eigenvalue weighted by Crippen LogP contribution is 2.24. The summed E-state index contributed by atoms with van der Waals surface area (Å²) in [5.41, 5.74) is 0.930. The van der Waals surface area contributed by atoms with Gasteiger partial charge in [-0.1, -0.05) is 18.5 Å². The topological polar surface area (TPSA) is 41.3 Å². The zero-order valence-corrected chi connectivity index (χ0v) is 12.7. The minimum Gasteiger partial charge on any atom is -0.432 e. The third kappa shape index (κ3) is 4.23. The quantitative estimate of drug-likeness (QED) is 0.794. The Balaban J connectivity index is 1.90. The van der Waals surface area contributed by atoms with Gasteiger partial charge in [0.1, 0.15) is 6.26 Å². The van der Waals surface area contributed by atoms with Gasteiger partial charge in [-0.15, -0.1) is 11.3 Å². The van der Waals surface area contributed by atoms with Gasteiger partial charge in [0.25, 0.3) is 6.01 Å². The molecule has 1 N–H and O–H groups in total. The van der Waals surface area contributed by atoms with Crippen LogP contribution in [0, 0.1) is 0 Å². The fourth-order valence-electron chi connectivity index (χ4n) is 1.68. The second-order valence-corrected chi connectivity index (χ2v) is 6.16. The third-order valence-electron chi connectivity index (χ3n) is 2.62. The number of hydrogen-bond donors (Lipinski definition) is 1. The second kappa shape index (κ2) is 6.93. The number of aromatic nitrogens is 1. The first-order valence-electron chi connectivity index (χ1n) is 6.29. The first kappa shape index (κ1) is 14.4. The molecule has 19 heavy (non-hydrogen) atoms. The van der Waals surface area contributed by atoms with Crippen molar-refractivity contribution in [3.8, 4) is 0 Å². The van der Waals surface area contributed by atoms with Crippen LogP contribution < -0.4 is 10.2 Å². The summed E-state index contributed by atoms with van der Waals surface area (Å²) in [6.07, 6.45) is 2.82. The summed E-state index contributed by atoms with van der Waals surface area (Å²) in [6, 6.07) is 4.57. The van der Waals surface area contributed by atoms with Crippen molar-refractivity contribution in [3.63, 3.8) is 0 Å². The molecule has 0 aliphatic carbocycles. The first-order chi connectivity index (χ1) is 9.19. The second-order valence-electron chi connectivity index (χ2n) is 4.36. The fraction of sp³-hybridized carbons (Fsp3) is 0.462. The summed E-state index contributed by atoms with van der Waals surface area (Å²) >= 11 is 7.49. The summed E-state index contributed by atoms with van der Waals surface area (Å²) in [6.45, 7) is 4.63. The van der Waals surface area contributed by atoms with Crippen LogP contribution >= 0.6 is 22.9 Å². The Morgan fingerprint density at radius 2 is 2.32 bits per heavy atom. The minimum atomic E-state index is 0.637. The Labute approximate surface area is 122 Å². The van der Waals surface area contributed by atoms with Crippen molar-refractivity contribution in [2.45, 2.75) is 26.4 Å². The van der Waals surface area contributed by atoms with Crippen molar-refractivity contribution in [3.05, 3.63) is 33.3 Å². The molecule has 0 aromatic carbocycles. The highest BCUT2D eigenvalue weighted by Gasteiger charge is 2.10. The van der Waals surface area contributed by atoms with Gasteiger partial charge in [-0.25, -0.2) is 0 Å². The monoisotopic (exact) mass is 299 g/mol. The molecule has 0 bridgehead atoms. The molecule has 0 radical (unpaired) electrons. The van der Waals surface area contributed by atoms with Crippen LogP contribution in [0.5, 0.6) is 0 Å². The predicted octanol–water partition coefficient (Wildman–Crippen LogP) is 3.53. The van der Waals surface area contributed by atoms with Crippen LogP contribution in [0.3, 0.4) is 0 Å². The molecule has 2 rings (SSSR count). The Morgan fingerprint density at radius 3 is 3.00 bits per heavy atom. The minimum absolute atomic E-state index is 0.637. The van der Waals surface area contributed by atoms with E-state index in [-0.39, 0.29) is 0 Å². The Bertz CT molecular complexity index is 511. The molecule has 2 aromatic heterocycles. The molecule has 0 spiro atoms. The van der Waals surface area contributed by atoms with Gasteiger partial charge in [-0.2, -0.15) is 4.98 Å². The predicted molar refractivity (Wildman–Crippen MR) is 79.9 cm³/mol. The number of thiophene rings is 1. The molecule has 4 nitrogen and oxygen atoms in total. The van der Waals surface area contributed by atoms with Crippen molar-refractivity contribution in [1.82, 2.24) is 10.3 Å². The normalized spacial score (nSPS) is 10.9. The highest BCUT2D eigenvalue weighted by molar-refractivity contribution is 7.16. The largest absolute Gasteiger partial charge is 0.432 e. The maximum Gasteiger partial charge on any atom is 0.297 e. The van der Waals surface area contributed by atoms with Gasteiger partial charge >= 0.3 is 0 Å². The molecule has 6 heteroatoms. The van der Waals surface area contributed by atoms with Crippen molar-refractivity contribution < 1.29 is 4.42 Å². The standard InChI is InChI=1S/C13H18ClN3OS/c1-3-6-15-7-10-9-18-13(16-10)17(2)8-11-4-5-12(14)19-11/h4-5,9,15H,3,6-8H2,1-2H3. The number of nitrogens with zero attached hydrogens (tertiary/aromatic N) is 2. The van der Waals surface area contributed by atoms with Crippen LogP contribution in [0.1, 0.15) is 23.9 Å². The van der Waals surface area contributed by atoms with Crippen LogP contribution in [-0.2, 0) is 13.1 Å². The van der Waals surface area contributed by atoms with Gasteiger partial charge in [-0.3, -0.25) is 0 Å². The summed E-state index contributed by atoms with van der Waals surface area (Å²) < 4.78 is 6.29. The van der Waals surface area contributed by atoms with Gasteiger partial charge in [0, 0.05) is 18.5 Å². The number of hydrogen-bond acceptors (Lipinski definition) is 5. The van der Waals surface area contributed by atoms with Crippen LogP contribution in [0.15, 0.2) is 22.8 Å². The molecule has 2 aromatic rings. The summed E-state index contributed by atoms with van der Waals surface area (Å²) in [5, 5.41) is 3.30. The molecule has 0 saturated carbocycles. The third-order valence-corrected chi connectivity index (χ3v) is 3.84. The van der Waals surface area contributed by atoms with Gasteiger partial charge in [0.2, 0.25) is 0 Å². The van der Waals surface area contributed by atoms with E-state index in [9.17, 15) is 0 Å². The zero-order valence-electron chi connectivity index (χ0n) is 11.1. The lowest BCUT2D eigenvalue weighted by Crippen LogP contribution is -2.17. The molecule has 2 heterocycles. The Hall–Kier alpha value is -1.04. The van der Waals surface area contributed by atoms with E-state index in [1.54, 1.807) is 17.6 Å². The van der Waals surface area contributed by atoms with Crippen LogP contribution in [0.2, 0.25) is 4.34 Å². The fourth-order valence-corrected chi connectivity index (χ4v) is 2.83. The van der Waals surface area contributed by atoms with Crippen molar-refractivity contribution in [2.75, 3.05) is 18.5 Å². The number of anilines is 1. The smallest absolute Gasteiger partial charge is 0.297 e. The lowest BCUT2D eigenvalue weighted by atomic mass is 10.4. The average molecular weight is 300 g/mol. The van der Waals surface area contributed by atoms with E-state index in [1.807, 2.05) is 24.1 Å². The van der Waals surface area contributed by atoms with Crippen molar-refractivity contribution in [1.29, 1.82) is 0 Å². The van der Waals surface area contributed by atoms with E-state index in [4.69, 9.17) is 16.0 Å². The summed E-state index contributed by atoms with van der Waals surface area (Å²) in [4.78, 5) is 7.62. The lowest BCUT2D eigenvalue weighted by Gasteiger charge is -2.12. The van der Waals surface area contributed by atoms with Crippen molar-refractivity contribution >= 4 is 29.0 Å². The van der Waals surface area contributed by atoms with Gasteiger partial charge in [-0.05, 0) is 25.1 Å². The highest BCUT2D eigenvalue weighted by atomic mass is 35.5. The molecule has 0 aliphatic heterocycles. The number of halogens is 1. The summed E-state index contributed by atoms with van der Waals surface area (Å²) in [7, 11) is 1.96. The van der Waals surface area contributed by atoms with E-state index in [0.29, 0.717) is 6.01 Å². The molecular weight excluding hydrogens is 282 g/mol. The molecule has 0 saturated heterocycles. The molecule has 0 fully saturated rings.